The second kappa shape index (κ2) is 5.95. The molecule has 1 aromatic rings. The number of benzene rings is 1. The molecule has 5 nitrogen and oxygen atoms in total. The molecule has 0 saturated carbocycles. The van der Waals surface area contributed by atoms with Crippen LogP contribution in [0.3, 0.4) is 0 Å². The van der Waals surface area contributed by atoms with Gasteiger partial charge in [-0.3, -0.25) is 9.59 Å². The van der Waals surface area contributed by atoms with Crippen molar-refractivity contribution in [3.63, 3.8) is 0 Å². The fourth-order valence-corrected chi connectivity index (χ4v) is 1.81. The molecule has 1 fully saturated rings. The van der Waals surface area contributed by atoms with E-state index in [4.69, 9.17) is 0 Å². The number of nitrogens with one attached hydrogen (secondary N) is 2. The van der Waals surface area contributed by atoms with Crippen molar-refractivity contribution in [1.29, 1.82) is 0 Å². The molecule has 5 heteroatoms. The number of hydrazone groups is 1. The van der Waals surface area contributed by atoms with Crippen molar-refractivity contribution in [2.45, 2.75) is 12.8 Å². The highest BCUT2D eigenvalue weighted by atomic mass is 16.2. The van der Waals surface area contributed by atoms with E-state index in [0.29, 0.717) is 13.0 Å². The molecule has 0 aliphatic carbocycles. The fourth-order valence-electron chi connectivity index (χ4n) is 1.81. The number of piperidine rings is 1. The smallest absolute Gasteiger partial charge is 0.252 e. The van der Waals surface area contributed by atoms with Gasteiger partial charge >= 0.3 is 0 Å². The minimum absolute atomic E-state index is 0.214. The predicted octanol–water partition coefficient (Wildman–Crippen LogP) is 0.663. The Morgan fingerprint density at radius 1 is 1.39 bits per heavy atom. The summed E-state index contributed by atoms with van der Waals surface area (Å²) in [7, 11) is 0. The predicted molar refractivity (Wildman–Crippen MR) is 67.9 cm³/mol. The van der Waals surface area contributed by atoms with E-state index in [1.165, 1.54) is 0 Å². The molecular formula is C13H15N3O2. The Bertz CT molecular complexity index is 457. The third-order valence-corrected chi connectivity index (χ3v) is 2.79. The van der Waals surface area contributed by atoms with Crippen molar-refractivity contribution in [3.8, 4) is 0 Å². The summed E-state index contributed by atoms with van der Waals surface area (Å²) in [6.07, 6.45) is 2.96. The van der Waals surface area contributed by atoms with E-state index in [0.717, 1.165) is 12.0 Å². The first-order chi connectivity index (χ1) is 8.77. The average molecular weight is 245 g/mol. The van der Waals surface area contributed by atoms with E-state index in [1.807, 2.05) is 30.3 Å². The lowest BCUT2D eigenvalue weighted by Gasteiger charge is -2.19. The van der Waals surface area contributed by atoms with Crippen molar-refractivity contribution in [1.82, 2.24) is 10.7 Å². The molecule has 2 N–H and O–H groups in total. The molecule has 1 heterocycles. The number of nitrogens with zero attached hydrogens (tertiary/aromatic N) is 1. The maximum atomic E-state index is 11.7. The molecule has 1 aromatic carbocycles. The van der Waals surface area contributed by atoms with Gasteiger partial charge in [-0.25, -0.2) is 5.43 Å². The SMILES string of the molecule is O=C1NCCC[C@@H]1C(=O)NN=Cc1ccccc1. The Morgan fingerprint density at radius 3 is 2.89 bits per heavy atom. The highest BCUT2D eigenvalue weighted by Crippen LogP contribution is 2.11. The molecule has 2 amide bonds. The van der Waals surface area contributed by atoms with Crippen LogP contribution in [0.1, 0.15) is 18.4 Å². The van der Waals surface area contributed by atoms with Crippen LogP contribution in [-0.4, -0.2) is 24.6 Å². The topological polar surface area (TPSA) is 70.6 Å². The molecule has 1 aliphatic rings. The Balaban J connectivity index is 1.88. The maximum absolute atomic E-state index is 11.7. The van der Waals surface area contributed by atoms with Crippen molar-refractivity contribution in [2.24, 2.45) is 11.0 Å². The molecule has 94 valence electrons. The largest absolute Gasteiger partial charge is 0.355 e. The highest BCUT2D eigenvalue weighted by Gasteiger charge is 2.28. The van der Waals surface area contributed by atoms with Crippen LogP contribution in [0.2, 0.25) is 0 Å². The molecule has 0 spiro atoms. The summed E-state index contributed by atoms with van der Waals surface area (Å²) < 4.78 is 0. The highest BCUT2D eigenvalue weighted by molar-refractivity contribution is 6.00. The van der Waals surface area contributed by atoms with Crippen LogP contribution in [0.4, 0.5) is 0 Å². The van der Waals surface area contributed by atoms with Crippen LogP contribution in [0.25, 0.3) is 0 Å². The second-order valence-corrected chi connectivity index (χ2v) is 4.13. The van der Waals surface area contributed by atoms with Gasteiger partial charge < -0.3 is 5.32 Å². The van der Waals surface area contributed by atoms with Gasteiger partial charge in [-0.2, -0.15) is 5.10 Å². The van der Waals surface area contributed by atoms with E-state index >= 15 is 0 Å². The Morgan fingerprint density at radius 2 is 2.17 bits per heavy atom. The number of amides is 2. The molecule has 0 unspecified atom stereocenters. The Hall–Kier alpha value is -2.17. The molecule has 18 heavy (non-hydrogen) atoms. The van der Waals surface area contributed by atoms with Gasteiger partial charge in [-0.15, -0.1) is 0 Å². The van der Waals surface area contributed by atoms with Gasteiger partial charge in [0.2, 0.25) is 5.91 Å². The molecule has 1 atom stereocenters. The summed E-state index contributed by atoms with van der Waals surface area (Å²) in [5.41, 5.74) is 3.30. The van der Waals surface area contributed by atoms with Crippen LogP contribution < -0.4 is 10.7 Å². The summed E-state index contributed by atoms with van der Waals surface area (Å²) in [5.74, 6) is -1.18. The summed E-state index contributed by atoms with van der Waals surface area (Å²) >= 11 is 0. The van der Waals surface area contributed by atoms with E-state index in [2.05, 4.69) is 15.8 Å². The van der Waals surface area contributed by atoms with Gasteiger partial charge in [0.15, 0.2) is 0 Å². The normalized spacial score (nSPS) is 19.6. The lowest BCUT2D eigenvalue weighted by Crippen LogP contribution is -2.43. The number of carbonyl (C=O) groups excluding carboxylic acids is 2. The zero-order chi connectivity index (χ0) is 12.8. The minimum Gasteiger partial charge on any atom is -0.355 e. The van der Waals surface area contributed by atoms with Crippen molar-refractivity contribution in [2.75, 3.05) is 6.54 Å². The van der Waals surface area contributed by atoms with Gasteiger partial charge in [0.1, 0.15) is 5.92 Å². The number of rotatable bonds is 3. The van der Waals surface area contributed by atoms with Crippen LogP contribution >= 0.6 is 0 Å². The van der Waals surface area contributed by atoms with Crippen molar-refractivity contribution < 1.29 is 9.59 Å². The molecular weight excluding hydrogens is 230 g/mol. The van der Waals surface area contributed by atoms with Crippen LogP contribution in [0, 0.1) is 5.92 Å². The fraction of sp³-hybridized carbons (Fsp3) is 0.308. The van der Waals surface area contributed by atoms with Gasteiger partial charge in [0.05, 0.1) is 6.21 Å². The molecule has 0 aromatic heterocycles. The first-order valence-corrected chi connectivity index (χ1v) is 5.93. The average Bonchev–Trinajstić information content (AvgIpc) is 2.40. The first kappa shape index (κ1) is 12.3. The first-order valence-electron chi connectivity index (χ1n) is 5.93. The van der Waals surface area contributed by atoms with Gasteiger partial charge in [0, 0.05) is 6.54 Å². The lowest BCUT2D eigenvalue weighted by molar-refractivity contribution is -0.136. The Kier molecular flexibility index (Phi) is 4.06. The molecule has 0 bridgehead atoms. The van der Waals surface area contributed by atoms with E-state index < -0.39 is 5.92 Å². The molecule has 1 saturated heterocycles. The number of hydrogen-bond acceptors (Lipinski definition) is 3. The van der Waals surface area contributed by atoms with Crippen LogP contribution in [0.5, 0.6) is 0 Å². The maximum Gasteiger partial charge on any atom is 0.252 e. The van der Waals surface area contributed by atoms with E-state index in [1.54, 1.807) is 6.21 Å². The lowest BCUT2D eigenvalue weighted by atomic mass is 9.98. The summed E-state index contributed by atoms with van der Waals surface area (Å²) in [6, 6.07) is 9.43. The molecule has 0 radical (unpaired) electrons. The third-order valence-electron chi connectivity index (χ3n) is 2.79. The van der Waals surface area contributed by atoms with Gasteiger partial charge in [-0.05, 0) is 18.4 Å². The van der Waals surface area contributed by atoms with E-state index in [-0.39, 0.29) is 11.8 Å². The van der Waals surface area contributed by atoms with Gasteiger partial charge in [-0.1, -0.05) is 30.3 Å². The van der Waals surface area contributed by atoms with Crippen LogP contribution in [-0.2, 0) is 9.59 Å². The standard InChI is InChI=1S/C13H15N3O2/c17-12-11(7-4-8-14-12)13(18)16-15-9-10-5-2-1-3-6-10/h1-3,5-6,9,11H,4,7-8H2,(H,14,17)(H,16,18)/t11-/m0/s1. The van der Waals surface area contributed by atoms with Gasteiger partial charge in [0.25, 0.3) is 5.91 Å². The summed E-state index contributed by atoms with van der Waals surface area (Å²) in [6.45, 7) is 0.649. The second-order valence-electron chi connectivity index (χ2n) is 4.13. The quantitative estimate of drug-likeness (QED) is 0.466. The zero-order valence-corrected chi connectivity index (χ0v) is 9.93. The van der Waals surface area contributed by atoms with Crippen molar-refractivity contribution in [3.05, 3.63) is 35.9 Å². The third kappa shape index (κ3) is 3.16. The monoisotopic (exact) mass is 245 g/mol. The minimum atomic E-state index is -0.619. The van der Waals surface area contributed by atoms with Crippen molar-refractivity contribution >= 4 is 18.0 Å². The summed E-state index contributed by atoms with van der Waals surface area (Å²) in [4.78, 5) is 23.2. The zero-order valence-electron chi connectivity index (χ0n) is 9.93. The number of carbonyl (C=O) groups is 2. The summed E-state index contributed by atoms with van der Waals surface area (Å²) in [5, 5.41) is 6.52. The molecule has 2 rings (SSSR count). The molecule has 1 aliphatic heterocycles. The van der Waals surface area contributed by atoms with Crippen LogP contribution in [0.15, 0.2) is 35.4 Å². The van der Waals surface area contributed by atoms with E-state index in [9.17, 15) is 9.59 Å². The Labute approximate surface area is 105 Å². The number of hydrogen-bond donors (Lipinski definition) is 2.